The molecule has 0 atom stereocenters. The minimum Gasteiger partial charge on any atom is -0.404 e. The van der Waals surface area contributed by atoms with Crippen molar-refractivity contribution in [3.05, 3.63) is 139 Å². The molecular weight excluding hydrogens is 520 g/mol. The SMILES string of the molecule is C\C=C/C(=C\C(=C/N)c1ccc2c(c1)c(-c1cc3c(-c4cccnc4)cccc3[nH]1)nn2C)NC(=O)c1ccccc1. The normalized spacial score (nSPS) is 12.4. The van der Waals surface area contributed by atoms with Crippen molar-refractivity contribution in [3.63, 3.8) is 0 Å². The third-order valence-corrected chi connectivity index (χ3v) is 7.21. The summed E-state index contributed by atoms with van der Waals surface area (Å²) in [6.45, 7) is 1.91. The maximum absolute atomic E-state index is 12.8. The predicted molar refractivity (Wildman–Crippen MR) is 170 cm³/mol. The molecule has 1 amide bonds. The number of hydrogen-bond acceptors (Lipinski definition) is 4. The Kier molecular flexibility index (Phi) is 7.22. The predicted octanol–water partition coefficient (Wildman–Crippen LogP) is 6.97. The van der Waals surface area contributed by atoms with E-state index >= 15 is 0 Å². The monoisotopic (exact) mass is 550 g/mol. The summed E-state index contributed by atoms with van der Waals surface area (Å²) < 4.78 is 1.88. The van der Waals surface area contributed by atoms with E-state index in [-0.39, 0.29) is 5.91 Å². The van der Waals surface area contributed by atoms with Crippen molar-refractivity contribution in [1.82, 2.24) is 25.1 Å². The summed E-state index contributed by atoms with van der Waals surface area (Å²) in [4.78, 5) is 20.7. The van der Waals surface area contributed by atoms with Gasteiger partial charge in [-0.05, 0) is 78.2 Å². The van der Waals surface area contributed by atoms with Crippen LogP contribution >= 0.6 is 0 Å². The Morgan fingerprint density at radius 3 is 2.57 bits per heavy atom. The van der Waals surface area contributed by atoms with Crippen LogP contribution < -0.4 is 11.1 Å². The minimum absolute atomic E-state index is 0.189. The Morgan fingerprint density at radius 1 is 0.952 bits per heavy atom. The first-order chi connectivity index (χ1) is 20.6. The summed E-state index contributed by atoms with van der Waals surface area (Å²) in [5, 5.41) is 9.97. The van der Waals surface area contributed by atoms with E-state index < -0.39 is 0 Å². The molecule has 0 radical (unpaired) electrons. The molecule has 0 aliphatic heterocycles. The van der Waals surface area contributed by atoms with Crippen LogP contribution in [0.15, 0.2) is 127 Å². The average Bonchev–Trinajstić information content (AvgIpc) is 3.61. The van der Waals surface area contributed by atoms with Crippen LogP contribution in [-0.4, -0.2) is 25.7 Å². The van der Waals surface area contributed by atoms with Crippen molar-refractivity contribution < 1.29 is 4.79 Å². The number of H-pyrrole nitrogens is 1. The fraction of sp³-hybridized carbons (Fsp3) is 0.0571. The third-order valence-electron chi connectivity index (χ3n) is 7.21. The van der Waals surface area contributed by atoms with Crippen LogP contribution in [0, 0.1) is 0 Å². The largest absolute Gasteiger partial charge is 0.404 e. The Morgan fingerprint density at radius 2 is 1.81 bits per heavy atom. The van der Waals surface area contributed by atoms with Crippen LogP contribution in [-0.2, 0) is 7.05 Å². The highest BCUT2D eigenvalue weighted by Crippen LogP contribution is 2.35. The summed E-state index contributed by atoms with van der Waals surface area (Å²) in [7, 11) is 1.94. The second-order valence-electron chi connectivity index (χ2n) is 9.94. The number of allylic oxidation sites excluding steroid dienone is 4. The molecule has 0 unspecified atom stereocenters. The van der Waals surface area contributed by atoms with Crippen LogP contribution in [0.2, 0.25) is 0 Å². The number of carbonyl (C=O) groups excluding carboxylic acids is 1. The number of aromatic nitrogens is 4. The lowest BCUT2D eigenvalue weighted by molar-refractivity contribution is 0.0967. The fourth-order valence-electron chi connectivity index (χ4n) is 5.19. The number of carbonyl (C=O) groups is 1. The van der Waals surface area contributed by atoms with Gasteiger partial charge in [-0.3, -0.25) is 14.5 Å². The van der Waals surface area contributed by atoms with Gasteiger partial charge in [0.1, 0.15) is 5.69 Å². The first-order valence-electron chi connectivity index (χ1n) is 13.7. The summed E-state index contributed by atoms with van der Waals surface area (Å²) in [5.41, 5.74) is 15.0. The average molecular weight is 551 g/mol. The number of nitrogens with two attached hydrogens (primary N) is 1. The van der Waals surface area contributed by atoms with Crippen molar-refractivity contribution in [1.29, 1.82) is 0 Å². The van der Waals surface area contributed by atoms with Crippen molar-refractivity contribution in [2.45, 2.75) is 6.92 Å². The number of nitrogens with one attached hydrogen (secondary N) is 2. The Hall–Kier alpha value is -5.69. The van der Waals surface area contributed by atoms with Crippen LogP contribution in [0.3, 0.4) is 0 Å². The van der Waals surface area contributed by atoms with E-state index in [4.69, 9.17) is 10.8 Å². The molecule has 0 saturated carbocycles. The van der Waals surface area contributed by atoms with Gasteiger partial charge < -0.3 is 16.0 Å². The van der Waals surface area contributed by atoms with Crippen LogP contribution in [0.25, 0.3) is 49.9 Å². The van der Waals surface area contributed by atoms with Crippen LogP contribution in [0.5, 0.6) is 0 Å². The molecule has 6 rings (SSSR count). The molecule has 0 bridgehead atoms. The van der Waals surface area contributed by atoms with E-state index in [0.717, 1.165) is 55.5 Å². The maximum atomic E-state index is 12.8. The second-order valence-corrected chi connectivity index (χ2v) is 9.94. The molecule has 3 aromatic heterocycles. The highest BCUT2D eigenvalue weighted by molar-refractivity contribution is 6.02. The zero-order valence-corrected chi connectivity index (χ0v) is 23.4. The molecule has 7 nitrogen and oxygen atoms in total. The lowest BCUT2D eigenvalue weighted by atomic mass is 10.0. The molecule has 42 heavy (non-hydrogen) atoms. The number of hydrogen-bond donors (Lipinski definition) is 3. The quantitative estimate of drug-likeness (QED) is 0.187. The molecule has 0 aliphatic rings. The van der Waals surface area contributed by atoms with Gasteiger partial charge in [-0.1, -0.05) is 48.5 Å². The summed E-state index contributed by atoms with van der Waals surface area (Å²) in [6, 6.07) is 27.7. The highest BCUT2D eigenvalue weighted by atomic mass is 16.1. The van der Waals surface area contributed by atoms with E-state index in [1.807, 2.05) is 85.5 Å². The first kappa shape index (κ1) is 26.5. The molecular formula is C35H30N6O. The van der Waals surface area contributed by atoms with Gasteiger partial charge in [-0.15, -0.1) is 0 Å². The lowest BCUT2D eigenvalue weighted by Crippen LogP contribution is -2.21. The molecule has 0 spiro atoms. The van der Waals surface area contributed by atoms with E-state index in [0.29, 0.717) is 11.3 Å². The first-order valence-corrected chi connectivity index (χ1v) is 13.7. The Labute approximate surface area is 243 Å². The number of nitrogens with zero attached hydrogens (tertiary/aromatic N) is 3. The number of benzene rings is 3. The summed E-state index contributed by atoms with van der Waals surface area (Å²) in [6.07, 6.45) is 10.8. The zero-order chi connectivity index (χ0) is 29.1. The van der Waals surface area contributed by atoms with E-state index in [1.54, 1.807) is 24.5 Å². The number of aromatic amines is 1. The molecule has 6 aromatic rings. The van der Waals surface area contributed by atoms with E-state index in [9.17, 15) is 4.79 Å². The third kappa shape index (κ3) is 5.11. The number of pyridine rings is 1. The molecule has 206 valence electrons. The number of amides is 1. The molecule has 3 aromatic carbocycles. The topological polar surface area (TPSA) is 102 Å². The molecule has 0 saturated heterocycles. The molecule has 0 aliphatic carbocycles. The molecule has 7 heteroatoms. The maximum Gasteiger partial charge on any atom is 0.255 e. The standard InChI is InChI=1S/C35H30N6O/c1-3-9-27(38-35(42)23-10-5-4-6-11-23)18-26(21-36)24-15-16-33-30(19-24)34(40-41(33)2)32-20-29-28(13-7-14-31(29)39-32)25-12-8-17-37-22-25/h3-22,39H,36H2,1-2H3,(H,38,42)/b9-3-,26-21+,27-18+. The van der Waals surface area contributed by atoms with Gasteiger partial charge in [-0.25, -0.2) is 0 Å². The van der Waals surface area contributed by atoms with Crippen molar-refractivity contribution in [2.75, 3.05) is 0 Å². The number of rotatable bonds is 7. The van der Waals surface area contributed by atoms with Crippen molar-refractivity contribution in [3.8, 4) is 22.5 Å². The smallest absolute Gasteiger partial charge is 0.255 e. The molecule has 4 N–H and O–H groups in total. The van der Waals surface area contributed by atoms with Crippen molar-refractivity contribution in [2.24, 2.45) is 12.8 Å². The lowest BCUT2D eigenvalue weighted by Gasteiger charge is -2.09. The van der Waals surface area contributed by atoms with E-state index in [2.05, 4.69) is 45.6 Å². The summed E-state index contributed by atoms with van der Waals surface area (Å²) >= 11 is 0. The Balaban J connectivity index is 1.40. The van der Waals surface area contributed by atoms with E-state index in [1.165, 1.54) is 0 Å². The summed E-state index contributed by atoms with van der Waals surface area (Å²) in [5.74, 6) is -0.189. The van der Waals surface area contributed by atoms with Gasteiger partial charge in [0.25, 0.3) is 5.91 Å². The molecule has 0 fully saturated rings. The van der Waals surface area contributed by atoms with Gasteiger partial charge in [0, 0.05) is 58.8 Å². The van der Waals surface area contributed by atoms with Gasteiger partial charge in [0.15, 0.2) is 0 Å². The second kappa shape index (κ2) is 11.4. The van der Waals surface area contributed by atoms with Gasteiger partial charge in [0.05, 0.1) is 11.2 Å². The fourth-order valence-corrected chi connectivity index (χ4v) is 5.19. The van der Waals surface area contributed by atoms with Gasteiger partial charge >= 0.3 is 0 Å². The number of aryl methyl sites for hydroxylation is 1. The van der Waals surface area contributed by atoms with Gasteiger partial charge in [0.2, 0.25) is 0 Å². The van der Waals surface area contributed by atoms with Crippen molar-refractivity contribution >= 4 is 33.3 Å². The van der Waals surface area contributed by atoms with Crippen LogP contribution in [0.1, 0.15) is 22.8 Å². The minimum atomic E-state index is -0.189. The Bertz CT molecular complexity index is 2000. The van der Waals surface area contributed by atoms with Crippen LogP contribution in [0.4, 0.5) is 0 Å². The van der Waals surface area contributed by atoms with Gasteiger partial charge in [-0.2, -0.15) is 5.10 Å². The number of fused-ring (bicyclic) bond motifs is 2. The highest BCUT2D eigenvalue weighted by Gasteiger charge is 2.16. The zero-order valence-electron chi connectivity index (χ0n) is 23.4. The molecule has 3 heterocycles.